The van der Waals surface area contributed by atoms with Crippen LogP contribution in [0.3, 0.4) is 0 Å². The van der Waals surface area contributed by atoms with Crippen molar-refractivity contribution < 1.29 is 9.13 Å². The van der Waals surface area contributed by atoms with Gasteiger partial charge in [0.05, 0.1) is 5.38 Å². The second-order valence-electron chi connectivity index (χ2n) is 5.51. The van der Waals surface area contributed by atoms with Crippen LogP contribution < -0.4 is 4.74 Å². The lowest BCUT2D eigenvalue weighted by molar-refractivity contribution is 0.216. The van der Waals surface area contributed by atoms with Gasteiger partial charge in [0.1, 0.15) is 17.7 Å². The minimum absolute atomic E-state index is 0.0485. The van der Waals surface area contributed by atoms with Crippen LogP contribution in [-0.2, 0) is 6.42 Å². The molecule has 0 fully saturated rings. The van der Waals surface area contributed by atoms with Crippen LogP contribution in [0, 0.1) is 5.82 Å². The Bertz CT molecular complexity index is 599. The van der Waals surface area contributed by atoms with Crippen LogP contribution >= 0.6 is 11.6 Å². The molecule has 21 heavy (non-hydrogen) atoms. The summed E-state index contributed by atoms with van der Waals surface area (Å²) in [7, 11) is 0. The molecule has 0 aromatic heterocycles. The highest BCUT2D eigenvalue weighted by Crippen LogP contribution is 2.32. The van der Waals surface area contributed by atoms with Gasteiger partial charge >= 0.3 is 0 Å². The third-order valence-electron chi connectivity index (χ3n) is 3.91. The number of halogens is 2. The molecule has 0 N–H and O–H groups in total. The Hall–Kier alpha value is -1.54. The normalized spacial score (nSPS) is 18.1. The maximum Gasteiger partial charge on any atom is 0.123 e. The van der Waals surface area contributed by atoms with E-state index in [1.165, 1.54) is 6.07 Å². The molecule has 0 bridgehead atoms. The highest BCUT2D eigenvalue weighted by Gasteiger charge is 2.23. The number of benzene rings is 2. The first-order valence-corrected chi connectivity index (χ1v) is 7.80. The topological polar surface area (TPSA) is 9.23 Å². The first-order valence-electron chi connectivity index (χ1n) is 7.36. The van der Waals surface area contributed by atoms with E-state index in [1.54, 1.807) is 12.1 Å². The van der Waals surface area contributed by atoms with Crippen LogP contribution in [0.15, 0.2) is 48.5 Å². The van der Waals surface area contributed by atoms with E-state index in [0.29, 0.717) is 0 Å². The maximum atomic E-state index is 13.2. The summed E-state index contributed by atoms with van der Waals surface area (Å²) in [6, 6.07) is 14.9. The molecule has 0 saturated carbocycles. The zero-order chi connectivity index (χ0) is 14.7. The summed E-state index contributed by atoms with van der Waals surface area (Å²) in [6.07, 6.45) is 3.83. The number of ether oxygens (including phenoxy) is 1. The Morgan fingerprint density at radius 3 is 2.81 bits per heavy atom. The molecule has 2 aromatic rings. The van der Waals surface area contributed by atoms with Crippen LogP contribution in [0.25, 0.3) is 0 Å². The van der Waals surface area contributed by atoms with Crippen molar-refractivity contribution in [3.05, 3.63) is 65.5 Å². The molecular formula is C18H18ClFO. The van der Waals surface area contributed by atoms with Crippen molar-refractivity contribution in [2.24, 2.45) is 0 Å². The molecule has 0 saturated heterocycles. The molecule has 2 atom stereocenters. The van der Waals surface area contributed by atoms with Crippen LogP contribution in [0.2, 0.25) is 0 Å². The number of hydrogen-bond acceptors (Lipinski definition) is 1. The summed E-state index contributed by atoms with van der Waals surface area (Å²) in [5.41, 5.74) is 2.14. The van der Waals surface area contributed by atoms with Crippen molar-refractivity contribution in [3.63, 3.8) is 0 Å². The van der Waals surface area contributed by atoms with Crippen LogP contribution in [0.4, 0.5) is 4.39 Å². The van der Waals surface area contributed by atoms with Crippen molar-refractivity contribution in [1.29, 1.82) is 0 Å². The highest BCUT2D eigenvalue weighted by atomic mass is 35.5. The lowest BCUT2D eigenvalue weighted by Crippen LogP contribution is -2.12. The van der Waals surface area contributed by atoms with E-state index < -0.39 is 0 Å². The van der Waals surface area contributed by atoms with E-state index in [-0.39, 0.29) is 17.3 Å². The standard InChI is InChI=1S/C18H18ClFO/c19-17(13-5-2-1-3-6-13)8-4-7-16-12-14-11-15(20)9-10-18(14)21-16/h1-3,5-6,9-11,16-17H,4,7-8,12H2. The summed E-state index contributed by atoms with van der Waals surface area (Å²) < 4.78 is 19.0. The Morgan fingerprint density at radius 1 is 1.19 bits per heavy atom. The summed E-state index contributed by atoms with van der Waals surface area (Å²) in [6.45, 7) is 0. The predicted molar refractivity (Wildman–Crippen MR) is 83.4 cm³/mol. The molecule has 0 amide bonds. The third kappa shape index (κ3) is 3.56. The highest BCUT2D eigenvalue weighted by molar-refractivity contribution is 6.20. The first kappa shape index (κ1) is 14.4. The zero-order valence-corrected chi connectivity index (χ0v) is 12.5. The summed E-state index contributed by atoms with van der Waals surface area (Å²) >= 11 is 6.41. The van der Waals surface area contributed by atoms with Crippen LogP contribution in [0.1, 0.15) is 35.8 Å². The molecule has 0 spiro atoms. The smallest absolute Gasteiger partial charge is 0.123 e. The van der Waals surface area contributed by atoms with Crippen molar-refractivity contribution in [2.45, 2.75) is 37.2 Å². The first-order chi connectivity index (χ1) is 10.2. The van der Waals surface area contributed by atoms with E-state index in [0.717, 1.165) is 42.6 Å². The molecule has 0 aliphatic carbocycles. The average Bonchev–Trinajstić information content (AvgIpc) is 2.89. The van der Waals surface area contributed by atoms with Gasteiger partial charge in [-0.25, -0.2) is 4.39 Å². The van der Waals surface area contributed by atoms with Gasteiger partial charge in [-0.05, 0) is 43.0 Å². The van der Waals surface area contributed by atoms with E-state index in [4.69, 9.17) is 16.3 Å². The van der Waals surface area contributed by atoms with Crippen molar-refractivity contribution in [2.75, 3.05) is 0 Å². The Labute approximate surface area is 129 Å². The zero-order valence-electron chi connectivity index (χ0n) is 11.8. The van der Waals surface area contributed by atoms with Gasteiger partial charge in [0.25, 0.3) is 0 Å². The molecule has 1 aliphatic heterocycles. The van der Waals surface area contributed by atoms with Gasteiger partial charge in [-0.15, -0.1) is 11.6 Å². The van der Waals surface area contributed by atoms with E-state index >= 15 is 0 Å². The van der Waals surface area contributed by atoms with Gasteiger partial charge in [-0.1, -0.05) is 30.3 Å². The fourth-order valence-corrected chi connectivity index (χ4v) is 3.10. The predicted octanol–water partition coefficient (Wildman–Crippen LogP) is 5.28. The Kier molecular flexibility index (Phi) is 4.45. The minimum Gasteiger partial charge on any atom is -0.490 e. The number of fused-ring (bicyclic) bond motifs is 1. The second-order valence-corrected chi connectivity index (χ2v) is 6.03. The quantitative estimate of drug-likeness (QED) is 0.683. The third-order valence-corrected chi connectivity index (χ3v) is 4.38. The lowest BCUT2D eigenvalue weighted by atomic mass is 10.0. The average molecular weight is 305 g/mol. The van der Waals surface area contributed by atoms with Crippen molar-refractivity contribution in [3.8, 4) is 5.75 Å². The van der Waals surface area contributed by atoms with E-state index in [1.807, 2.05) is 18.2 Å². The van der Waals surface area contributed by atoms with Gasteiger partial charge in [0.2, 0.25) is 0 Å². The van der Waals surface area contributed by atoms with Gasteiger partial charge in [-0.3, -0.25) is 0 Å². The van der Waals surface area contributed by atoms with Gasteiger partial charge < -0.3 is 4.74 Å². The SMILES string of the molecule is Fc1ccc2c(c1)CC(CCCC(Cl)c1ccccc1)O2. The van der Waals surface area contributed by atoms with Gasteiger partial charge in [0, 0.05) is 12.0 Å². The van der Waals surface area contributed by atoms with Crippen molar-refractivity contribution in [1.82, 2.24) is 0 Å². The molecule has 1 nitrogen and oxygen atoms in total. The minimum atomic E-state index is -0.192. The molecule has 1 aliphatic rings. The lowest BCUT2D eigenvalue weighted by Gasteiger charge is -2.13. The second kappa shape index (κ2) is 6.48. The maximum absolute atomic E-state index is 13.2. The molecule has 0 radical (unpaired) electrons. The molecule has 110 valence electrons. The summed E-state index contributed by atoms with van der Waals surface area (Å²) in [5.74, 6) is 0.634. The molecule has 2 aromatic carbocycles. The Morgan fingerprint density at radius 2 is 2.00 bits per heavy atom. The number of alkyl halides is 1. The summed E-state index contributed by atoms with van der Waals surface area (Å²) in [5, 5.41) is 0.0485. The van der Waals surface area contributed by atoms with Crippen molar-refractivity contribution >= 4 is 11.6 Å². The van der Waals surface area contributed by atoms with Gasteiger partial charge in [-0.2, -0.15) is 0 Å². The number of rotatable bonds is 5. The molecule has 3 rings (SSSR count). The fourth-order valence-electron chi connectivity index (χ4n) is 2.80. The molecule has 3 heteroatoms. The number of hydrogen-bond donors (Lipinski definition) is 0. The van der Waals surface area contributed by atoms with E-state index in [2.05, 4.69) is 12.1 Å². The molecular weight excluding hydrogens is 287 g/mol. The van der Waals surface area contributed by atoms with Gasteiger partial charge in [0.15, 0.2) is 0 Å². The largest absolute Gasteiger partial charge is 0.490 e. The van der Waals surface area contributed by atoms with Crippen LogP contribution in [0.5, 0.6) is 5.75 Å². The fraction of sp³-hybridized carbons (Fsp3) is 0.333. The summed E-state index contributed by atoms with van der Waals surface area (Å²) in [4.78, 5) is 0. The monoisotopic (exact) mass is 304 g/mol. The molecule has 1 heterocycles. The molecule has 2 unspecified atom stereocenters. The van der Waals surface area contributed by atoms with Crippen LogP contribution in [-0.4, -0.2) is 6.10 Å². The van der Waals surface area contributed by atoms with E-state index in [9.17, 15) is 4.39 Å². The Balaban J connectivity index is 1.47.